The summed E-state index contributed by atoms with van der Waals surface area (Å²) in [5.41, 5.74) is 0.845. The number of aryl methyl sites for hydroxylation is 1. The van der Waals surface area contributed by atoms with Crippen LogP contribution < -0.4 is 16.2 Å². The number of hydrogen-bond donors (Lipinski definition) is 3. The number of aromatic nitrogens is 4. The smallest absolute Gasteiger partial charge is 0.407 e. The Morgan fingerprint density at radius 3 is 2.88 bits per heavy atom. The molecule has 0 unspecified atom stereocenters. The Kier molecular flexibility index (Phi) is 5.24. The summed E-state index contributed by atoms with van der Waals surface area (Å²) >= 11 is 0. The standard InChI is InChI=1S/C17H24N6O3/c1-10(2)26-17(25)18-12-5-4-11(8-12)13-9-15(21-20-13)19-14-6-7-16(24)23(3)22-14/h6-7,9-12H,4-5,8H2,1-3H3,(H,18,25)(H2,19,20,21,22)/t11-,12+/m0/s1. The van der Waals surface area contributed by atoms with Crippen molar-refractivity contribution in [1.82, 2.24) is 25.3 Å². The van der Waals surface area contributed by atoms with Gasteiger partial charge in [0.25, 0.3) is 5.56 Å². The van der Waals surface area contributed by atoms with E-state index in [0.29, 0.717) is 17.6 Å². The molecule has 140 valence electrons. The molecular formula is C17H24N6O3. The van der Waals surface area contributed by atoms with Crippen LogP contribution in [0.3, 0.4) is 0 Å². The number of rotatable bonds is 5. The van der Waals surface area contributed by atoms with E-state index in [9.17, 15) is 9.59 Å². The first-order valence-electron chi connectivity index (χ1n) is 8.74. The Balaban J connectivity index is 1.57. The van der Waals surface area contributed by atoms with Crippen LogP contribution in [-0.4, -0.2) is 38.2 Å². The van der Waals surface area contributed by atoms with Crippen molar-refractivity contribution in [3.05, 3.63) is 34.2 Å². The highest BCUT2D eigenvalue weighted by Crippen LogP contribution is 2.34. The van der Waals surface area contributed by atoms with Crippen LogP contribution in [0.5, 0.6) is 0 Å². The first-order chi connectivity index (χ1) is 12.4. The normalized spacial score (nSPS) is 19.5. The number of carbonyl (C=O) groups is 1. The van der Waals surface area contributed by atoms with E-state index in [4.69, 9.17) is 4.74 Å². The van der Waals surface area contributed by atoms with Crippen LogP contribution in [-0.2, 0) is 11.8 Å². The minimum absolute atomic E-state index is 0.108. The predicted octanol–water partition coefficient (Wildman–Crippen LogP) is 2.02. The van der Waals surface area contributed by atoms with Crippen molar-refractivity contribution in [2.75, 3.05) is 5.32 Å². The second kappa shape index (κ2) is 7.59. The molecule has 1 saturated carbocycles. The lowest BCUT2D eigenvalue weighted by molar-refractivity contribution is 0.112. The number of H-pyrrole nitrogens is 1. The molecule has 0 spiro atoms. The van der Waals surface area contributed by atoms with Crippen LogP contribution in [0, 0.1) is 0 Å². The van der Waals surface area contributed by atoms with Crippen LogP contribution in [0.4, 0.5) is 16.4 Å². The summed E-state index contributed by atoms with van der Waals surface area (Å²) in [6.07, 6.45) is 2.22. The van der Waals surface area contributed by atoms with Crippen molar-refractivity contribution in [1.29, 1.82) is 0 Å². The van der Waals surface area contributed by atoms with E-state index in [1.807, 2.05) is 19.9 Å². The molecule has 0 bridgehead atoms. The molecule has 1 fully saturated rings. The van der Waals surface area contributed by atoms with Gasteiger partial charge in [0.05, 0.1) is 6.10 Å². The van der Waals surface area contributed by atoms with Crippen LogP contribution in [0.25, 0.3) is 0 Å². The Bertz CT molecular complexity index is 828. The van der Waals surface area contributed by atoms with Gasteiger partial charge in [0, 0.05) is 36.8 Å². The molecule has 3 N–H and O–H groups in total. The summed E-state index contributed by atoms with van der Waals surface area (Å²) in [5.74, 6) is 1.49. The first-order valence-corrected chi connectivity index (χ1v) is 8.74. The van der Waals surface area contributed by atoms with Gasteiger partial charge in [-0.1, -0.05) is 0 Å². The van der Waals surface area contributed by atoms with Gasteiger partial charge in [-0.2, -0.15) is 10.2 Å². The molecule has 0 aliphatic heterocycles. The van der Waals surface area contributed by atoms with Gasteiger partial charge < -0.3 is 15.4 Å². The highest BCUT2D eigenvalue weighted by molar-refractivity contribution is 5.67. The maximum Gasteiger partial charge on any atom is 0.407 e. The van der Waals surface area contributed by atoms with Crippen molar-refractivity contribution < 1.29 is 9.53 Å². The van der Waals surface area contributed by atoms with Gasteiger partial charge in [-0.05, 0) is 39.2 Å². The first kappa shape index (κ1) is 18.0. The number of alkyl carbamates (subject to hydrolysis) is 1. The van der Waals surface area contributed by atoms with Gasteiger partial charge >= 0.3 is 6.09 Å². The fourth-order valence-corrected chi connectivity index (χ4v) is 3.12. The Labute approximate surface area is 151 Å². The number of nitrogens with zero attached hydrogens (tertiary/aromatic N) is 3. The third-order valence-corrected chi connectivity index (χ3v) is 4.35. The van der Waals surface area contributed by atoms with Crippen molar-refractivity contribution in [3.63, 3.8) is 0 Å². The minimum atomic E-state index is -0.363. The van der Waals surface area contributed by atoms with Crippen LogP contribution >= 0.6 is 0 Å². The molecule has 2 aromatic heterocycles. The summed E-state index contributed by atoms with van der Waals surface area (Å²) in [6.45, 7) is 3.66. The minimum Gasteiger partial charge on any atom is -0.447 e. The Morgan fingerprint density at radius 1 is 1.35 bits per heavy atom. The van der Waals surface area contributed by atoms with E-state index in [0.717, 1.165) is 25.0 Å². The van der Waals surface area contributed by atoms with Crippen molar-refractivity contribution in [3.8, 4) is 0 Å². The number of anilines is 2. The summed E-state index contributed by atoms with van der Waals surface area (Å²) in [4.78, 5) is 23.1. The molecule has 0 aromatic carbocycles. The van der Waals surface area contributed by atoms with E-state index < -0.39 is 0 Å². The number of aromatic amines is 1. The molecule has 0 radical (unpaired) electrons. The zero-order chi connectivity index (χ0) is 18.7. The van der Waals surface area contributed by atoms with E-state index in [1.54, 1.807) is 13.1 Å². The third kappa shape index (κ3) is 4.41. The topological polar surface area (TPSA) is 114 Å². The van der Waals surface area contributed by atoms with Gasteiger partial charge in [0.15, 0.2) is 11.6 Å². The second-order valence-electron chi connectivity index (χ2n) is 6.82. The third-order valence-electron chi connectivity index (χ3n) is 4.35. The quantitative estimate of drug-likeness (QED) is 0.752. The molecular weight excluding hydrogens is 336 g/mol. The lowest BCUT2D eigenvalue weighted by Gasteiger charge is -2.14. The van der Waals surface area contributed by atoms with E-state index >= 15 is 0 Å². The van der Waals surface area contributed by atoms with Crippen molar-refractivity contribution in [2.45, 2.75) is 51.2 Å². The van der Waals surface area contributed by atoms with Gasteiger partial charge in [-0.15, -0.1) is 0 Å². The monoisotopic (exact) mass is 360 g/mol. The molecule has 2 aromatic rings. The molecule has 1 amide bonds. The molecule has 2 atom stereocenters. The largest absolute Gasteiger partial charge is 0.447 e. The van der Waals surface area contributed by atoms with Crippen molar-refractivity contribution in [2.24, 2.45) is 7.05 Å². The van der Waals surface area contributed by atoms with E-state index in [-0.39, 0.29) is 23.8 Å². The Hall–Kier alpha value is -2.84. The zero-order valence-electron chi connectivity index (χ0n) is 15.2. The number of hydrogen-bond acceptors (Lipinski definition) is 6. The highest BCUT2D eigenvalue weighted by atomic mass is 16.6. The van der Waals surface area contributed by atoms with Gasteiger partial charge in [-0.25, -0.2) is 9.48 Å². The van der Waals surface area contributed by atoms with Crippen LogP contribution in [0.1, 0.15) is 44.7 Å². The molecule has 9 heteroatoms. The number of carbonyl (C=O) groups excluding carboxylic acids is 1. The summed E-state index contributed by atoms with van der Waals surface area (Å²) in [7, 11) is 1.60. The zero-order valence-corrected chi connectivity index (χ0v) is 15.2. The number of amides is 1. The average molecular weight is 360 g/mol. The average Bonchev–Trinajstić information content (AvgIpc) is 3.19. The van der Waals surface area contributed by atoms with E-state index in [1.165, 1.54) is 10.7 Å². The fraction of sp³-hybridized carbons (Fsp3) is 0.529. The SMILES string of the molecule is CC(C)OC(=O)N[C@@H]1CC[C@H](c2cc(Nc3ccc(=O)n(C)n3)n[nH]2)C1. The molecule has 2 heterocycles. The van der Waals surface area contributed by atoms with Gasteiger partial charge in [0.1, 0.15) is 0 Å². The lowest BCUT2D eigenvalue weighted by Crippen LogP contribution is -2.34. The number of nitrogens with one attached hydrogen (secondary N) is 3. The molecule has 1 aliphatic carbocycles. The van der Waals surface area contributed by atoms with Crippen molar-refractivity contribution >= 4 is 17.7 Å². The summed E-state index contributed by atoms with van der Waals surface area (Å²) < 4.78 is 6.39. The molecule has 1 aliphatic rings. The maximum atomic E-state index is 11.7. The van der Waals surface area contributed by atoms with Gasteiger partial charge in [-0.3, -0.25) is 9.89 Å². The summed E-state index contributed by atoms with van der Waals surface area (Å²) in [6, 6.07) is 5.11. The van der Waals surface area contributed by atoms with Crippen LogP contribution in [0.2, 0.25) is 0 Å². The second-order valence-corrected chi connectivity index (χ2v) is 6.82. The van der Waals surface area contributed by atoms with E-state index in [2.05, 4.69) is 25.9 Å². The molecule has 26 heavy (non-hydrogen) atoms. The lowest BCUT2D eigenvalue weighted by atomic mass is 10.0. The number of ether oxygens (including phenoxy) is 1. The fourth-order valence-electron chi connectivity index (χ4n) is 3.12. The molecule has 3 rings (SSSR count). The molecule has 9 nitrogen and oxygen atoms in total. The maximum absolute atomic E-state index is 11.7. The van der Waals surface area contributed by atoms with Crippen LogP contribution in [0.15, 0.2) is 23.0 Å². The highest BCUT2D eigenvalue weighted by Gasteiger charge is 2.28. The summed E-state index contributed by atoms with van der Waals surface area (Å²) in [5, 5.41) is 17.4. The predicted molar refractivity (Wildman–Crippen MR) is 96.5 cm³/mol. The Morgan fingerprint density at radius 2 is 2.15 bits per heavy atom. The van der Waals surface area contributed by atoms with Gasteiger partial charge in [0.2, 0.25) is 0 Å². The molecule has 0 saturated heterocycles.